The molecule has 0 aromatic rings. The van der Waals surface area contributed by atoms with E-state index >= 15 is 0 Å². The molecule has 0 aliphatic heterocycles. The molecule has 0 aliphatic rings. The molecule has 13 heavy (non-hydrogen) atoms. The predicted molar refractivity (Wildman–Crippen MR) is 48.7 cm³/mol. The van der Waals surface area contributed by atoms with E-state index in [9.17, 15) is 13.2 Å². The molecule has 0 atom stereocenters. The summed E-state index contributed by atoms with van der Waals surface area (Å²) in [5.74, 6) is -0.603. The lowest BCUT2D eigenvalue weighted by atomic mass is 10.6. The van der Waals surface area contributed by atoms with Crippen LogP contribution in [0.3, 0.4) is 0 Å². The largest absolute Gasteiger partial charge is 0.465 e. The maximum absolute atomic E-state index is 10.9. The molecule has 0 radical (unpaired) electrons. The quantitative estimate of drug-likeness (QED) is 0.504. The molecule has 0 heterocycles. The smallest absolute Gasteiger partial charge is 0.321 e. The molecule has 0 bridgehead atoms. The second-order valence-corrected chi connectivity index (χ2v) is 4.68. The number of rotatable bonds is 5. The molecule has 0 saturated carbocycles. The van der Waals surface area contributed by atoms with Crippen molar-refractivity contribution in [3.05, 3.63) is 0 Å². The van der Waals surface area contributed by atoms with E-state index in [-0.39, 0.29) is 19.7 Å². The Morgan fingerprint density at radius 2 is 2.00 bits per heavy atom. The van der Waals surface area contributed by atoms with Gasteiger partial charge in [0.15, 0.2) is 0 Å². The lowest BCUT2D eigenvalue weighted by molar-refractivity contribution is -0.143. The molecule has 0 spiro atoms. The minimum atomic E-state index is -3.82. The summed E-state index contributed by atoms with van der Waals surface area (Å²) in [6, 6.07) is 0. The van der Waals surface area contributed by atoms with E-state index in [1.807, 2.05) is 0 Å². The van der Waals surface area contributed by atoms with Crippen molar-refractivity contribution in [2.75, 3.05) is 19.7 Å². The Hall–Kier alpha value is -0.330. The third-order valence-corrected chi connectivity index (χ3v) is 2.86. The van der Waals surface area contributed by atoms with Crippen molar-refractivity contribution >= 4 is 25.9 Å². The SMILES string of the molecule is CCOC(=O)CN(CC)S(=O)(=O)Cl. The average molecular weight is 230 g/mol. The van der Waals surface area contributed by atoms with Gasteiger partial charge in [-0.05, 0) is 6.92 Å². The van der Waals surface area contributed by atoms with Gasteiger partial charge in [0, 0.05) is 17.2 Å². The second kappa shape index (κ2) is 5.41. The summed E-state index contributed by atoms with van der Waals surface area (Å²) < 4.78 is 27.0. The summed E-state index contributed by atoms with van der Waals surface area (Å²) in [6.07, 6.45) is 0. The highest BCUT2D eigenvalue weighted by Crippen LogP contribution is 2.05. The van der Waals surface area contributed by atoms with E-state index in [4.69, 9.17) is 10.7 Å². The van der Waals surface area contributed by atoms with E-state index in [1.54, 1.807) is 13.8 Å². The van der Waals surface area contributed by atoms with Crippen molar-refractivity contribution < 1.29 is 17.9 Å². The zero-order valence-corrected chi connectivity index (χ0v) is 9.06. The summed E-state index contributed by atoms with van der Waals surface area (Å²) in [7, 11) is 1.21. The van der Waals surface area contributed by atoms with Crippen molar-refractivity contribution in [2.45, 2.75) is 13.8 Å². The standard InChI is InChI=1S/C6H12ClNO4S/c1-3-8(13(7,10)11)5-6(9)12-4-2/h3-5H2,1-2H3. The van der Waals surface area contributed by atoms with Crippen molar-refractivity contribution in [3.63, 3.8) is 0 Å². The topological polar surface area (TPSA) is 63.7 Å². The molecule has 7 heteroatoms. The minimum Gasteiger partial charge on any atom is -0.465 e. The summed E-state index contributed by atoms with van der Waals surface area (Å²) in [6.45, 7) is 3.25. The minimum absolute atomic E-state index is 0.143. The van der Waals surface area contributed by atoms with E-state index < -0.39 is 15.2 Å². The Labute approximate surface area is 82.2 Å². The van der Waals surface area contributed by atoms with Crippen LogP contribution in [0.1, 0.15) is 13.8 Å². The molecule has 5 nitrogen and oxygen atoms in total. The van der Waals surface area contributed by atoms with Crippen LogP contribution in [0.2, 0.25) is 0 Å². The first-order valence-electron chi connectivity index (χ1n) is 3.77. The lowest BCUT2D eigenvalue weighted by Crippen LogP contribution is -2.33. The molecular weight excluding hydrogens is 218 g/mol. The molecular formula is C6H12ClNO4S. The van der Waals surface area contributed by atoms with Crippen LogP contribution < -0.4 is 0 Å². The number of esters is 1. The van der Waals surface area contributed by atoms with Gasteiger partial charge in [0.2, 0.25) is 0 Å². The van der Waals surface area contributed by atoms with Crippen LogP contribution in [0.25, 0.3) is 0 Å². The number of carbonyl (C=O) groups is 1. The Kier molecular flexibility index (Phi) is 5.27. The number of carbonyl (C=O) groups excluding carboxylic acids is 1. The zero-order chi connectivity index (χ0) is 10.5. The van der Waals surface area contributed by atoms with E-state index in [0.717, 1.165) is 4.31 Å². The summed E-state index contributed by atoms with van der Waals surface area (Å²) in [5, 5.41) is 0. The van der Waals surface area contributed by atoms with E-state index in [2.05, 4.69) is 4.74 Å². The van der Waals surface area contributed by atoms with Crippen molar-refractivity contribution in [1.29, 1.82) is 0 Å². The van der Waals surface area contributed by atoms with Crippen LogP contribution in [0.15, 0.2) is 0 Å². The molecule has 0 amide bonds. The predicted octanol–water partition coefficient (Wildman–Crippen LogP) is 0.355. The number of likely N-dealkylation sites (N-methyl/N-ethyl adjacent to an activating group) is 1. The van der Waals surface area contributed by atoms with Gasteiger partial charge in [-0.15, -0.1) is 0 Å². The molecule has 0 saturated heterocycles. The first kappa shape index (κ1) is 12.7. The summed E-state index contributed by atoms with van der Waals surface area (Å²) in [4.78, 5) is 10.9. The summed E-state index contributed by atoms with van der Waals surface area (Å²) >= 11 is 0. The fourth-order valence-electron chi connectivity index (χ4n) is 0.694. The molecule has 0 N–H and O–H groups in total. The van der Waals surface area contributed by atoms with Crippen molar-refractivity contribution in [3.8, 4) is 0 Å². The van der Waals surface area contributed by atoms with Gasteiger partial charge in [0.05, 0.1) is 6.61 Å². The Morgan fingerprint density at radius 1 is 1.46 bits per heavy atom. The molecule has 0 unspecified atom stereocenters. The Balaban J connectivity index is 4.23. The van der Waals surface area contributed by atoms with Gasteiger partial charge in [0.1, 0.15) is 6.54 Å². The van der Waals surface area contributed by atoms with E-state index in [1.165, 1.54) is 0 Å². The van der Waals surface area contributed by atoms with Crippen LogP contribution >= 0.6 is 10.7 Å². The highest BCUT2D eigenvalue weighted by molar-refractivity contribution is 8.11. The van der Waals surface area contributed by atoms with Crippen molar-refractivity contribution in [1.82, 2.24) is 4.31 Å². The molecule has 0 aromatic carbocycles. The number of hydrogen-bond acceptors (Lipinski definition) is 4. The maximum Gasteiger partial charge on any atom is 0.321 e. The first-order valence-corrected chi connectivity index (χ1v) is 6.03. The number of hydrogen-bond donors (Lipinski definition) is 0. The van der Waals surface area contributed by atoms with E-state index in [0.29, 0.717) is 0 Å². The van der Waals surface area contributed by atoms with Gasteiger partial charge in [-0.3, -0.25) is 4.79 Å². The van der Waals surface area contributed by atoms with Gasteiger partial charge in [-0.25, -0.2) is 0 Å². The molecule has 0 fully saturated rings. The fraction of sp³-hybridized carbons (Fsp3) is 0.833. The van der Waals surface area contributed by atoms with Crippen molar-refractivity contribution in [2.24, 2.45) is 0 Å². The normalized spacial score (nSPS) is 11.7. The van der Waals surface area contributed by atoms with Gasteiger partial charge < -0.3 is 4.74 Å². The van der Waals surface area contributed by atoms with Gasteiger partial charge in [-0.1, -0.05) is 6.92 Å². The molecule has 78 valence electrons. The third-order valence-electron chi connectivity index (χ3n) is 1.27. The van der Waals surface area contributed by atoms with Crippen LogP contribution in [0.5, 0.6) is 0 Å². The monoisotopic (exact) mass is 229 g/mol. The van der Waals surface area contributed by atoms with Gasteiger partial charge in [-0.2, -0.15) is 12.7 Å². The average Bonchev–Trinajstić information content (AvgIpc) is 1.98. The Morgan fingerprint density at radius 3 is 2.31 bits per heavy atom. The highest BCUT2D eigenvalue weighted by atomic mass is 35.7. The maximum atomic E-state index is 10.9. The van der Waals surface area contributed by atoms with Gasteiger partial charge >= 0.3 is 5.97 Å². The molecule has 0 aliphatic carbocycles. The van der Waals surface area contributed by atoms with Crippen LogP contribution in [-0.4, -0.2) is 38.4 Å². The van der Waals surface area contributed by atoms with Crippen LogP contribution in [0, 0.1) is 0 Å². The number of ether oxygens (including phenoxy) is 1. The summed E-state index contributed by atoms with van der Waals surface area (Å²) in [5.41, 5.74) is 0. The van der Waals surface area contributed by atoms with Crippen LogP contribution in [0.4, 0.5) is 0 Å². The fourth-order valence-corrected chi connectivity index (χ4v) is 1.70. The van der Waals surface area contributed by atoms with Crippen LogP contribution in [-0.2, 0) is 18.8 Å². The molecule has 0 rings (SSSR count). The Bertz CT molecular complexity index is 264. The number of nitrogens with zero attached hydrogens (tertiary/aromatic N) is 1. The lowest BCUT2D eigenvalue weighted by Gasteiger charge is -2.14. The molecule has 0 aromatic heterocycles. The number of halogens is 1. The van der Waals surface area contributed by atoms with Gasteiger partial charge in [0.25, 0.3) is 9.24 Å². The zero-order valence-electron chi connectivity index (χ0n) is 7.49. The first-order chi connectivity index (χ1) is 5.91. The second-order valence-electron chi connectivity index (χ2n) is 2.17. The highest BCUT2D eigenvalue weighted by Gasteiger charge is 2.20. The third kappa shape index (κ3) is 5.07.